The summed E-state index contributed by atoms with van der Waals surface area (Å²) in [6.07, 6.45) is 3.57. The molecule has 20 heavy (non-hydrogen) atoms. The van der Waals surface area contributed by atoms with Gasteiger partial charge in [-0.15, -0.1) is 0 Å². The maximum absolute atomic E-state index is 13.9. The summed E-state index contributed by atoms with van der Waals surface area (Å²) in [5.41, 5.74) is 0.341. The Balaban J connectivity index is 1.77. The molecule has 3 rings (SSSR count). The number of para-hydroxylation sites is 1. The van der Waals surface area contributed by atoms with E-state index in [1.54, 1.807) is 0 Å². The second-order valence-electron chi connectivity index (χ2n) is 5.32. The predicted octanol–water partition coefficient (Wildman–Crippen LogP) is 1.84. The third-order valence-corrected chi connectivity index (χ3v) is 4.03. The van der Waals surface area contributed by atoms with Gasteiger partial charge in [0.15, 0.2) is 0 Å². The van der Waals surface area contributed by atoms with Crippen LogP contribution in [-0.2, 0) is 4.79 Å². The van der Waals surface area contributed by atoms with Crippen molar-refractivity contribution < 1.29 is 14.0 Å². The molecule has 0 radical (unpaired) electrons. The number of carbonyl (C=O) groups is 2. The summed E-state index contributed by atoms with van der Waals surface area (Å²) in [6, 6.07) is 4.27. The highest BCUT2D eigenvalue weighted by molar-refractivity contribution is 6.52. The number of Topliss-reactive ketones (excluding diaryl/α,β-unsaturated/α-hetero) is 1. The lowest BCUT2D eigenvalue weighted by molar-refractivity contribution is -0.114. The van der Waals surface area contributed by atoms with Crippen molar-refractivity contribution in [3.8, 4) is 0 Å². The minimum atomic E-state index is -0.609. The maximum Gasteiger partial charge on any atom is 0.299 e. The monoisotopic (exact) mass is 276 g/mol. The molecule has 1 saturated heterocycles. The van der Waals surface area contributed by atoms with Gasteiger partial charge >= 0.3 is 0 Å². The Morgan fingerprint density at radius 1 is 1.05 bits per heavy atom. The van der Waals surface area contributed by atoms with E-state index in [1.165, 1.54) is 29.5 Å². The molecule has 2 aliphatic heterocycles. The molecule has 5 heteroatoms. The van der Waals surface area contributed by atoms with Gasteiger partial charge in [0.1, 0.15) is 5.82 Å². The lowest BCUT2D eigenvalue weighted by atomic mass is 10.1. The largest absolute Gasteiger partial charge is 0.302 e. The third kappa shape index (κ3) is 2.22. The summed E-state index contributed by atoms with van der Waals surface area (Å²) in [4.78, 5) is 27.4. The van der Waals surface area contributed by atoms with E-state index < -0.39 is 17.5 Å². The van der Waals surface area contributed by atoms with E-state index in [1.807, 2.05) is 0 Å². The molecule has 1 amide bonds. The molecule has 106 valence electrons. The molecule has 0 aliphatic carbocycles. The Bertz CT molecular complexity index is 553. The van der Waals surface area contributed by atoms with Crippen LogP contribution in [0.5, 0.6) is 0 Å². The van der Waals surface area contributed by atoms with Gasteiger partial charge in [0.2, 0.25) is 0 Å². The molecule has 0 aromatic heterocycles. The Morgan fingerprint density at radius 3 is 2.55 bits per heavy atom. The molecular formula is C15H17FN2O2. The first-order chi connectivity index (χ1) is 9.68. The number of nitrogens with zero attached hydrogens (tertiary/aromatic N) is 2. The molecule has 2 heterocycles. The average Bonchev–Trinajstić information content (AvgIpc) is 2.72. The van der Waals surface area contributed by atoms with Crippen molar-refractivity contribution in [2.75, 3.05) is 31.1 Å². The molecule has 0 saturated carbocycles. The van der Waals surface area contributed by atoms with Crippen molar-refractivity contribution in [1.82, 2.24) is 4.90 Å². The summed E-state index contributed by atoms with van der Waals surface area (Å²) >= 11 is 0. The standard InChI is InChI=1S/C15H17FN2O2/c16-12-6-4-5-11-13(12)18(15(20)14(11)19)10-9-17-7-2-1-3-8-17/h4-6H,1-3,7-10H2. The highest BCUT2D eigenvalue weighted by atomic mass is 19.1. The quantitative estimate of drug-likeness (QED) is 0.791. The topological polar surface area (TPSA) is 40.6 Å². The molecule has 0 N–H and O–H groups in total. The first-order valence-electron chi connectivity index (χ1n) is 7.05. The second-order valence-corrected chi connectivity index (χ2v) is 5.32. The van der Waals surface area contributed by atoms with Crippen LogP contribution in [0.4, 0.5) is 10.1 Å². The second kappa shape index (κ2) is 5.32. The number of hydrogen-bond donors (Lipinski definition) is 0. The Hall–Kier alpha value is -1.75. The number of fused-ring (bicyclic) bond motifs is 1. The average molecular weight is 276 g/mol. The van der Waals surface area contributed by atoms with Gasteiger partial charge in [0, 0.05) is 13.1 Å². The van der Waals surface area contributed by atoms with E-state index in [-0.39, 0.29) is 11.3 Å². The number of carbonyl (C=O) groups excluding carboxylic acids is 2. The van der Waals surface area contributed by atoms with Gasteiger partial charge in [-0.1, -0.05) is 12.5 Å². The van der Waals surface area contributed by atoms with E-state index in [0.717, 1.165) is 25.9 Å². The van der Waals surface area contributed by atoms with Crippen LogP contribution >= 0.6 is 0 Å². The molecule has 1 fully saturated rings. The van der Waals surface area contributed by atoms with Crippen LogP contribution in [0.2, 0.25) is 0 Å². The number of benzene rings is 1. The highest BCUT2D eigenvalue weighted by Gasteiger charge is 2.37. The summed E-state index contributed by atoms with van der Waals surface area (Å²) in [5, 5.41) is 0. The number of halogens is 1. The van der Waals surface area contributed by atoms with Gasteiger partial charge in [0.05, 0.1) is 11.3 Å². The van der Waals surface area contributed by atoms with Gasteiger partial charge in [-0.05, 0) is 38.1 Å². The van der Waals surface area contributed by atoms with E-state index in [0.29, 0.717) is 13.1 Å². The molecule has 0 spiro atoms. The SMILES string of the molecule is O=C1C(=O)N(CCN2CCCCC2)c2c(F)cccc21. The molecule has 0 bridgehead atoms. The number of piperidine rings is 1. The van der Waals surface area contributed by atoms with Gasteiger partial charge < -0.3 is 9.80 Å². The van der Waals surface area contributed by atoms with Crippen LogP contribution in [0.1, 0.15) is 29.6 Å². The van der Waals surface area contributed by atoms with Crippen molar-refractivity contribution in [2.45, 2.75) is 19.3 Å². The van der Waals surface area contributed by atoms with Crippen LogP contribution in [0.3, 0.4) is 0 Å². The molecule has 1 aromatic carbocycles. The first kappa shape index (κ1) is 13.2. The number of amides is 1. The highest BCUT2D eigenvalue weighted by Crippen LogP contribution is 2.31. The van der Waals surface area contributed by atoms with Gasteiger partial charge in [-0.3, -0.25) is 9.59 Å². The van der Waals surface area contributed by atoms with Crippen LogP contribution < -0.4 is 4.90 Å². The smallest absolute Gasteiger partial charge is 0.299 e. The number of ketones is 1. The van der Waals surface area contributed by atoms with E-state index in [2.05, 4.69) is 4.90 Å². The van der Waals surface area contributed by atoms with Crippen LogP contribution in [0.15, 0.2) is 18.2 Å². The van der Waals surface area contributed by atoms with Gasteiger partial charge in [-0.2, -0.15) is 0 Å². The number of rotatable bonds is 3. The lowest BCUT2D eigenvalue weighted by Crippen LogP contribution is -2.40. The first-order valence-corrected chi connectivity index (χ1v) is 7.05. The third-order valence-electron chi connectivity index (χ3n) is 4.03. The molecule has 4 nitrogen and oxygen atoms in total. The maximum atomic E-state index is 13.9. The molecule has 0 unspecified atom stereocenters. The minimum Gasteiger partial charge on any atom is -0.302 e. The van der Waals surface area contributed by atoms with Gasteiger partial charge in [0.25, 0.3) is 11.7 Å². The number of likely N-dealkylation sites (tertiary alicyclic amines) is 1. The van der Waals surface area contributed by atoms with Crippen molar-refractivity contribution in [3.05, 3.63) is 29.6 Å². The number of anilines is 1. The van der Waals surface area contributed by atoms with Crippen molar-refractivity contribution in [1.29, 1.82) is 0 Å². The predicted molar refractivity (Wildman–Crippen MR) is 73.4 cm³/mol. The van der Waals surface area contributed by atoms with Crippen LogP contribution in [0, 0.1) is 5.82 Å². The summed E-state index contributed by atoms with van der Waals surface area (Å²) in [5.74, 6) is -1.71. The molecule has 0 atom stereocenters. The van der Waals surface area contributed by atoms with Crippen molar-refractivity contribution >= 4 is 17.4 Å². The molecule has 1 aromatic rings. The van der Waals surface area contributed by atoms with E-state index in [4.69, 9.17) is 0 Å². The van der Waals surface area contributed by atoms with Crippen molar-refractivity contribution in [3.63, 3.8) is 0 Å². The number of hydrogen-bond acceptors (Lipinski definition) is 3. The Labute approximate surface area is 117 Å². The van der Waals surface area contributed by atoms with Gasteiger partial charge in [-0.25, -0.2) is 4.39 Å². The molecule has 2 aliphatic rings. The fourth-order valence-corrected chi connectivity index (χ4v) is 2.95. The minimum absolute atomic E-state index is 0.152. The van der Waals surface area contributed by atoms with Crippen molar-refractivity contribution in [2.24, 2.45) is 0 Å². The van der Waals surface area contributed by atoms with E-state index >= 15 is 0 Å². The fraction of sp³-hybridized carbons (Fsp3) is 0.467. The zero-order valence-corrected chi connectivity index (χ0v) is 11.3. The van der Waals surface area contributed by atoms with Crippen LogP contribution in [0.25, 0.3) is 0 Å². The Morgan fingerprint density at radius 2 is 1.80 bits per heavy atom. The summed E-state index contributed by atoms with van der Waals surface area (Å²) < 4.78 is 13.9. The zero-order valence-electron chi connectivity index (χ0n) is 11.3. The van der Waals surface area contributed by atoms with Crippen LogP contribution in [-0.4, -0.2) is 42.8 Å². The zero-order chi connectivity index (χ0) is 14.1. The summed E-state index contributed by atoms with van der Waals surface area (Å²) in [6.45, 7) is 3.09. The fourth-order valence-electron chi connectivity index (χ4n) is 2.95. The molecular weight excluding hydrogens is 259 g/mol. The summed E-state index contributed by atoms with van der Waals surface area (Å²) in [7, 11) is 0. The normalized spacial score (nSPS) is 19.6. The Kier molecular flexibility index (Phi) is 3.53. The van der Waals surface area contributed by atoms with E-state index in [9.17, 15) is 14.0 Å². The lowest BCUT2D eigenvalue weighted by Gasteiger charge is -2.28.